The highest BCUT2D eigenvalue weighted by Crippen LogP contribution is 2.23. The maximum Gasteiger partial charge on any atom is 0.412 e. The number of rotatable bonds is 2. The second kappa shape index (κ2) is 5.19. The van der Waals surface area contributed by atoms with E-state index in [0.29, 0.717) is 18.7 Å². The zero-order valence-electron chi connectivity index (χ0n) is 12.0. The maximum atomic E-state index is 12.3. The molecule has 0 fully saturated rings. The Morgan fingerprint density at radius 2 is 2.14 bits per heavy atom. The van der Waals surface area contributed by atoms with Crippen LogP contribution >= 0.6 is 0 Å². The molecule has 0 unspecified atom stereocenters. The summed E-state index contributed by atoms with van der Waals surface area (Å²) in [6, 6.07) is -0.944. The van der Waals surface area contributed by atoms with Crippen molar-refractivity contribution >= 4 is 17.7 Å². The zero-order chi connectivity index (χ0) is 15.8. The van der Waals surface area contributed by atoms with Gasteiger partial charge in [-0.1, -0.05) is 0 Å². The van der Waals surface area contributed by atoms with E-state index >= 15 is 0 Å². The molecule has 21 heavy (non-hydrogen) atoms. The number of carbonyl (C=O) groups is 2. The summed E-state index contributed by atoms with van der Waals surface area (Å²) in [5.41, 5.74) is -1.38. The van der Waals surface area contributed by atoms with E-state index in [0.717, 1.165) is 4.57 Å². The molecule has 8 nitrogen and oxygen atoms in total. The number of hydrogen-bond donors (Lipinski definition) is 2. The number of carboxylic acid groups (broad SMARTS) is 1. The molecule has 114 valence electrons. The highest BCUT2D eigenvalue weighted by Gasteiger charge is 2.31. The van der Waals surface area contributed by atoms with Gasteiger partial charge in [0.15, 0.2) is 0 Å². The molecule has 0 spiro atoms. The number of amides is 1. The highest BCUT2D eigenvalue weighted by molar-refractivity contribution is 5.84. The third kappa shape index (κ3) is 3.21. The molecule has 8 heteroatoms. The monoisotopic (exact) mass is 295 g/mol. The smallest absolute Gasteiger partial charge is 0.412 e. The molecule has 0 radical (unpaired) electrons. The number of ether oxygens (including phenoxy) is 1. The predicted octanol–water partition coefficient (Wildman–Crippen LogP) is 1.16. The first-order chi connectivity index (χ1) is 9.69. The van der Waals surface area contributed by atoms with E-state index in [1.54, 1.807) is 20.8 Å². The fourth-order valence-electron chi connectivity index (χ4n) is 2.14. The van der Waals surface area contributed by atoms with Gasteiger partial charge in [0, 0.05) is 6.42 Å². The lowest BCUT2D eigenvalue weighted by atomic mass is 10.2. The van der Waals surface area contributed by atoms with E-state index in [4.69, 9.17) is 9.84 Å². The average Bonchev–Trinajstić information content (AvgIpc) is 2.75. The number of fused-ring (bicyclic) bond motifs is 1. The summed E-state index contributed by atoms with van der Waals surface area (Å²) in [6.07, 6.45) is 1.17. The summed E-state index contributed by atoms with van der Waals surface area (Å²) in [7, 11) is 0. The van der Waals surface area contributed by atoms with E-state index < -0.39 is 29.3 Å². The number of nitrogens with one attached hydrogen (secondary N) is 1. The molecule has 2 N–H and O–H groups in total. The number of hydrogen-bond acceptors (Lipinski definition) is 5. The number of carboxylic acids is 1. The molecular formula is C13H17N3O5. The van der Waals surface area contributed by atoms with Crippen LogP contribution in [0.5, 0.6) is 0 Å². The molecule has 2 rings (SSSR count). The normalized spacial score (nSPS) is 17.2. The molecule has 0 saturated heterocycles. The Labute approximate surface area is 120 Å². The quantitative estimate of drug-likeness (QED) is 0.847. The van der Waals surface area contributed by atoms with Gasteiger partial charge in [0.1, 0.15) is 23.2 Å². The third-order valence-electron chi connectivity index (χ3n) is 2.94. The maximum absolute atomic E-state index is 12.3. The second-order valence-electron chi connectivity index (χ2n) is 5.78. The van der Waals surface area contributed by atoms with E-state index in [9.17, 15) is 14.4 Å². The van der Waals surface area contributed by atoms with Gasteiger partial charge in [-0.05, 0) is 27.2 Å². The number of aromatic nitrogens is 2. The minimum Gasteiger partial charge on any atom is -0.480 e. The Kier molecular flexibility index (Phi) is 3.71. The first-order valence-corrected chi connectivity index (χ1v) is 6.52. The van der Waals surface area contributed by atoms with E-state index in [1.165, 1.54) is 6.20 Å². The van der Waals surface area contributed by atoms with Crippen molar-refractivity contribution in [3.8, 4) is 0 Å². The SMILES string of the molecule is CC(C)(C)OC(=O)Nc1cnc2n(c1=O)[C@H](C(=O)O)CC2. The second-order valence-corrected chi connectivity index (χ2v) is 5.78. The van der Waals surface area contributed by atoms with Crippen LogP contribution in [-0.2, 0) is 16.0 Å². The van der Waals surface area contributed by atoms with Crippen LogP contribution in [0.4, 0.5) is 10.5 Å². The molecule has 1 aromatic heterocycles. The molecule has 1 amide bonds. The largest absolute Gasteiger partial charge is 0.480 e. The molecule has 0 bridgehead atoms. The van der Waals surface area contributed by atoms with Crippen LogP contribution in [0, 0.1) is 0 Å². The lowest BCUT2D eigenvalue weighted by molar-refractivity contribution is -0.140. The number of aliphatic carboxylic acids is 1. The van der Waals surface area contributed by atoms with Gasteiger partial charge in [-0.15, -0.1) is 0 Å². The first-order valence-electron chi connectivity index (χ1n) is 6.52. The van der Waals surface area contributed by atoms with Gasteiger partial charge < -0.3 is 9.84 Å². The summed E-state index contributed by atoms with van der Waals surface area (Å²) < 4.78 is 6.15. The van der Waals surface area contributed by atoms with Crippen LogP contribution in [0.3, 0.4) is 0 Å². The van der Waals surface area contributed by atoms with Crippen LogP contribution in [0.2, 0.25) is 0 Å². The average molecular weight is 295 g/mol. The molecule has 1 aromatic rings. The summed E-state index contributed by atoms with van der Waals surface area (Å²) in [6.45, 7) is 5.09. The molecule has 0 aliphatic carbocycles. The van der Waals surface area contributed by atoms with Gasteiger partial charge in [-0.2, -0.15) is 0 Å². The van der Waals surface area contributed by atoms with Crippen LogP contribution in [-0.4, -0.2) is 32.3 Å². The van der Waals surface area contributed by atoms with E-state index in [1.807, 2.05) is 0 Å². The fraction of sp³-hybridized carbons (Fsp3) is 0.538. The summed E-state index contributed by atoms with van der Waals surface area (Å²) >= 11 is 0. The van der Waals surface area contributed by atoms with Crippen LogP contribution in [0.1, 0.15) is 39.1 Å². The van der Waals surface area contributed by atoms with Gasteiger partial charge >= 0.3 is 12.1 Å². The molecule has 2 heterocycles. The standard InChI is InChI=1S/C13H17N3O5/c1-13(2,3)21-12(20)15-7-6-14-9-5-4-8(11(18)19)16(9)10(7)17/h6,8H,4-5H2,1-3H3,(H,15,20)(H,18,19)/t8-/m0/s1. The van der Waals surface area contributed by atoms with Crippen molar-refractivity contribution in [1.29, 1.82) is 0 Å². The van der Waals surface area contributed by atoms with E-state index in [-0.39, 0.29) is 5.69 Å². The Hall–Kier alpha value is -2.38. The zero-order valence-corrected chi connectivity index (χ0v) is 12.0. The van der Waals surface area contributed by atoms with Crippen molar-refractivity contribution in [3.05, 3.63) is 22.4 Å². The summed E-state index contributed by atoms with van der Waals surface area (Å²) in [4.78, 5) is 39.1. The van der Waals surface area contributed by atoms with Crippen LogP contribution in [0.15, 0.2) is 11.0 Å². The highest BCUT2D eigenvalue weighted by atomic mass is 16.6. The van der Waals surface area contributed by atoms with Crippen molar-refractivity contribution in [3.63, 3.8) is 0 Å². The lowest BCUT2D eigenvalue weighted by Gasteiger charge is -2.19. The molecule has 1 aliphatic rings. The lowest BCUT2D eigenvalue weighted by Crippen LogP contribution is -2.33. The Morgan fingerprint density at radius 1 is 1.48 bits per heavy atom. The minimum absolute atomic E-state index is 0.0962. The molecule has 0 aromatic carbocycles. The van der Waals surface area contributed by atoms with Crippen molar-refractivity contribution in [2.45, 2.75) is 45.3 Å². The van der Waals surface area contributed by atoms with Gasteiger partial charge in [0.25, 0.3) is 5.56 Å². The van der Waals surface area contributed by atoms with Crippen molar-refractivity contribution in [2.75, 3.05) is 5.32 Å². The number of nitrogens with zero attached hydrogens (tertiary/aromatic N) is 2. The Balaban J connectivity index is 2.28. The number of aryl methyl sites for hydroxylation is 1. The van der Waals surface area contributed by atoms with Gasteiger partial charge in [-0.25, -0.2) is 14.6 Å². The van der Waals surface area contributed by atoms with Crippen molar-refractivity contribution < 1.29 is 19.4 Å². The van der Waals surface area contributed by atoms with Crippen LogP contribution in [0.25, 0.3) is 0 Å². The molecule has 1 atom stereocenters. The fourth-order valence-corrected chi connectivity index (χ4v) is 2.14. The molecule has 0 saturated carbocycles. The Morgan fingerprint density at radius 3 is 2.71 bits per heavy atom. The van der Waals surface area contributed by atoms with E-state index in [2.05, 4.69) is 10.3 Å². The van der Waals surface area contributed by atoms with Crippen LogP contribution < -0.4 is 10.9 Å². The van der Waals surface area contributed by atoms with Gasteiger partial charge in [0.2, 0.25) is 0 Å². The summed E-state index contributed by atoms with van der Waals surface area (Å²) in [5, 5.41) is 11.4. The minimum atomic E-state index is -1.09. The Bertz CT molecular complexity index is 644. The first kappa shape index (κ1) is 15.0. The molecule has 1 aliphatic heterocycles. The number of anilines is 1. The summed E-state index contributed by atoms with van der Waals surface area (Å²) in [5.74, 6) is -0.686. The topological polar surface area (TPSA) is 111 Å². The third-order valence-corrected chi connectivity index (χ3v) is 2.94. The van der Waals surface area contributed by atoms with Gasteiger partial charge in [0.05, 0.1) is 6.20 Å². The predicted molar refractivity (Wildman–Crippen MR) is 73.3 cm³/mol. The van der Waals surface area contributed by atoms with Crippen molar-refractivity contribution in [2.24, 2.45) is 0 Å². The number of carbonyl (C=O) groups excluding carboxylic acids is 1. The van der Waals surface area contributed by atoms with Crippen molar-refractivity contribution in [1.82, 2.24) is 9.55 Å². The molecular weight excluding hydrogens is 278 g/mol. The van der Waals surface area contributed by atoms with Gasteiger partial charge in [-0.3, -0.25) is 14.7 Å².